The van der Waals surface area contributed by atoms with Crippen molar-refractivity contribution in [3.63, 3.8) is 0 Å². The van der Waals surface area contributed by atoms with Crippen LogP contribution in [0.25, 0.3) is 0 Å². The Hall–Kier alpha value is -0.640. The lowest BCUT2D eigenvalue weighted by Gasteiger charge is -2.13. The van der Waals surface area contributed by atoms with Gasteiger partial charge in [-0.15, -0.1) is 0 Å². The molecule has 0 aromatic rings. The minimum absolute atomic E-state index is 0.115. The lowest BCUT2D eigenvalue weighted by atomic mass is 10.2. The van der Waals surface area contributed by atoms with Crippen LogP contribution in [0.3, 0.4) is 0 Å². The first kappa shape index (κ1) is 12.4. The van der Waals surface area contributed by atoms with E-state index >= 15 is 0 Å². The summed E-state index contributed by atoms with van der Waals surface area (Å²) in [5.74, 6) is 0.454. The topological polar surface area (TPSA) is 96.0 Å². The number of sulfonamides is 1. The average Bonchev–Trinajstić information content (AvgIpc) is 2.99. The van der Waals surface area contributed by atoms with Crippen molar-refractivity contribution >= 4 is 10.0 Å². The van der Waals surface area contributed by atoms with Gasteiger partial charge in [-0.3, -0.25) is 0 Å². The molecule has 15 heavy (non-hydrogen) atoms. The Balaban J connectivity index is 2.45. The van der Waals surface area contributed by atoms with E-state index in [-0.39, 0.29) is 12.6 Å². The highest BCUT2D eigenvalue weighted by atomic mass is 32.2. The quantitative estimate of drug-likeness (QED) is 0.669. The molecular weight excluding hydrogens is 214 g/mol. The molecule has 0 saturated heterocycles. The van der Waals surface area contributed by atoms with Gasteiger partial charge in [0.05, 0.1) is 6.07 Å². The van der Waals surface area contributed by atoms with Crippen LogP contribution in [0.15, 0.2) is 0 Å². The van der Waals surface area contributed by atoms with Crippen molar-refractivity contribution in [1.29, 1.82) is 5.26 Å². The molecule has 0 spiro atoms. The Labute approximate surface area is 90.7 Å². The van der Waals surface area contributed by atoms with Crippen molar-refractivity contribution in [3.05, 3.63) is 0 Å². The second-order valence-electron chi connectivity index (χ2n) is 3.92. The SMILES string of the molecule is CCC(C#N)S(=O)(=O)NCC(N)C1CC1. The third-order valence-electron chi connectivity index (χ3n) is 2.64. The highest BCUT2D eigenvalue weighted by Gasteiger charge is 2.30. The molecule has 3 N–H and O–H groups in total. The molecule has 5 nitrogen and oxygen atoms in total. The van der Waals surface area contributed by atoms with Crippen molar-refractivity contribution in [2.75, 3.05) is 6.54 Å². The van der Waals surface area contributed by atoms with E-state index in [2.05, 4.69) is 4.72 Å². The predicted molar refractivity (Wildman–Crippen MR) is 57.3 cm³/mol. The van der Waals surface area contributed by atoms with E-state index in [1.165, 1.54) is 0 Å². The fourth-order valence-corrected chi connectivity index (χ4v) is 2.59. The Morgan fingerprint density at radius 1 is 1.60 bits per heavy atom. The fraction of sp³-hybridized carbons (Fsp3) is 0.889. The minimum Gasteiger partial charge on any atom is -0.326 e. The molecule has 6 heteroatoms. The molecule has 86 valence electrons. The maximum absolute atomic E-state index is 11.6. The standard InChI is InChI=1S/C9H17N3O2S/c1-2-8(5-10)15(13,14)12-6-9(11)7-3-4-7/h7-9,12H,2-4,6,11H2,1H3. The Bertz CT molecular complexity index is 343. The van der Waals surface area contributed by atoms with Crippen LogP contribution in [0.2, 0.25) is 0 Å². The van der Waals surface area contributed by atoms with E-state index in [0.29, 0.717) is 12.3 Å². The van der Waals surface area contributed by atoms with E-state index in [0.717, 1.165) is 12.8 Å². The van der Waals surface area contributed by atoms with E-state index in [4.69, 9.17) is 11.0 Å². The summed E-state index contributed by atoms with van der Waals surface area (Å²) in [7, 11) is -3.51. The van der Waals surface area contributed by atoms with Gasteiger partial charge in [0.1, 0.15) is 0 Å². The second-order valence-corrected chi connectivity index (χ2v) is 5.87. The first-order valence-corrected chi connectivity index (χ1v) is 6.69. The molecule has 1 saturated carbocycles. The molecule has 0 heterocycles. The summed E-state index contributed by atoms with van der Waals surface area (Å²) in [5.41, 5.74) is 5.76. The molecule has 0 radical (unpaired) electrons. The van der Waals surface area contributed by atoms with Crippen LogP contribution in [-0.2, 0) is 10.0 Å². The number of hydrogen-bond donors (Lipinski definition) is 2. The van der Waals surface area contributed by atoms with Crippen LogP contribution in [0, 0.1) is 17.2 Å². The number of rotatable bonds is 6. The maximum atomic E-state index is 11.6. The van der Waals surface area contributed by atoms with Crippen molar-refractivity contribution in [3.8, 4) is 6.07 Å². The molecule has 1 fully saturated rings. The summed E-state index contributed by atoms with van der Waals surface area (Å²) in [6.45, 7) is 1.92. The van der Waals surface area contributed by atoms with Crippen LogP contribution in [0.1, 0.15) is 26.2 Å². The first-order valence-electron chi connectivity index (χ1n) is 5.15. The van der Waals surface area contributed by atoms with Gasteiger partial charge >= 0.3 is 0 Å². The zero-order chi connectivity index (χ0) is 11.5. The third kappa shape index (κ3) is 3.45. The highest BCUT2D eigenvalue weighted by Crippen LogP contribution is 2.31. The molecule has 0 aromatic carbocycles. The van der Waals surface area contributed by atoms with Crippen LogP contribution in [0.4, 0.5) is 0 Å². The molecule has 2 atom stereocenters. The molecule has 1 rings (SSSR count). The normalized spacial score (nSPS) is 20.6. The van der Waals surface area contributed by atoms with Crippen LogP contribution in [0.5, 0.6) is 0 Å². The Kier molecular flexibility index (Phi) is 4.08. The third-order valence-corrected chi connectivity index (χ3v) is 4.39. The summed E-state index contributed by atoms with van der Waals surface area (Å²) in [5, 5.41) is 7.68. The maximum Gasteiger partial charge on any atom is 0.228 e. The van der Waals surface area contributed by atoms with Gasteiger partial charge < -0.3 is 5.73 Å². The molecule has 0 bridgehead atoms. The second kappa shape index (κ2) is 4.92. The van der Waals surface area contributed by atoms with Crippen LogP contribution in [-0.4, -0.2) is 26.3 Å². The van der Waals surface area contributed by atoms with Gasteiger partial charge in [0, 0.05) is 12.6 Å². The Morgan fingerprint density at radius 3 is 2.60 bits per heavy atom. The number of nitrogens with zero attached hydrogens (tertiary/aromatic N) is 1. The number of nitriles is 1. The fourth-order valence-electron chi connectivity index (χ4n) is 1.38. The van der Waals surface area contributed by atoms with Crippen molar-refractivity contribution in [2.45, 2.75) is 37.5 Å². The summed E-state index contributed by atoms with van der Waals surface area (Å²) in [6, 6.07) is 1.65. The lowest BCUT2D eigenvalue weighted by molar-refractivity contribution is 0.542. The van der Waals surface area contributed by atoms with Crippen molar-refractivity contribution < 1.29 is 8.42 Å². The predicted octanol–water partition coefficient (Wildman–Crippen LogP) is -0.0547. The average molecular weight is 231 g/mol. The van der Waals surface area contributed by atoms with Gasteiger partial charge in [0.25, 0.3) is 0 Å². The van der Waals surface area contributed by atoms with E-state index < -0.39 is 15.3 Å². The molecule has 0 amide bonds. The van der Waals surface area contributed by atoms with Gasteiger partial charge in [-0.25, -0.2) is 13.1 Å². The lowest BCUT2D eigenvalue weighted by Crippen LogP contribution is -2.42. The molecule has 2 unspecified atom stereocenters. The molecule has 0 aromatic heterocycles. The number of nitrogens with one attached hydrogen (secondary N) is 1. The zero-order valence-electron chi connectivity index (χ0n) is 8.81. The first-order chi connectivity index (χ1) is 7.01. The zero-order valence-corrected chi connectivity index (χ0v) is 9.63. The largest absolute Gasteiger partial charge is 0.326 e. The van der Waals surface area contributed by atoms with E-state index in [9.17, 15) is 8.42 Å². The molecule has 1 aliphatic carbocycles. The van der Waals surface area contributed by atoms with Crippen LogP contribution < -0.4 is 10.5 Å². The van der Waals surface area contributed by atoms with Gasteiger partial charge in [0.15, 0.2) is 5.25 Å². The molecule has 1 aliphatic rings. The molecular formula is C9H17N3O2S. The van der Waals surface area contributed by atoms with Gasteiger partial charge in [0.2, 0.25) is 10.0 Å². The van der Waals surface area contributed by atoms with Gasteiger partial charge in [-0.1, -0.05) is 6.92 Å². The summed E-state index contributed by atoms with van der Waals surface area (Å²) >= 11 is 0. The summed E-state index contributed by atoms with van der Waals surface area (Å²) < 4.78 is 25.5. The molecule has 0 aliphatic heterocycles. The highest BCUT2D eigenvalue weighted by molar-refractivity contribution is 7.90. The van der Waals surface area contributed by atoms with E-state index in [1.54, 1.807) is 13.0 Å². The van der Waals surface area contributed by atoms with E-state index in [1.807, 2.05) is 0 Å². The van der Waals surface area contributed by atoms with Crippen molar-refractivity contribution in [1.82, 2.24) is 4.72 Å². The van der Waals surface area contributed by atoms with Gasteiger partial charge in [-0.05, 0) is 25.2 Å². The Morgan fingerprint density at radius 2 is 2.20 bits per heavy atom. The minimum atomic E-state index is -3.51. The number of hydrogen-bond acceptors (Lipinski definition) is 4. The summed E-state index contributed by atoms with van der Waals surface area (Å²) in [6.07, 6.45) is 2.46. The smallest absolute Gasteiger partial charge is 0.228 e. The van der Waals surface area contributed by atoms with Gasteiger partial charge in [-0.2, -0.15) is 5.26 Å². The summed E-state index contributed by atoms with van der Waals surface area (Å²) in [4.78, 5) is 0. The monoisotopic (exact) mass is 231 g/mol. The number of nitrogens with two attached hydrogens (primary N) is 1. The van der Waals surface area contributed by atoms with Crippen LogP contribution >= 0.6 is 0 Å². The van der Waals surface area contributed by atoms with Crippen molar-refractivity contribution in [2.24, 2.45) is 11.7 Å².